The van der Waals surface area contributed by atoms with Crippen LogP contribution in [0.25, 0.3) is 0 Å². The summed E-state index contributed by atoms with van der Waals surface area (Å²) >= 11 is 9.51. The molecule has 2 rings (SSSR count). The lowest BCUT2D eigenvalue weighted by molar-refractivity contribution is 0.465. The van der Waals surface area contributed by atoms with Gasteiger partial charge in [0.05, 0.1) is 16.8 Å². The minimum atomic E-state index is -0.0233. The second-order valence-corrected chi connectivity index (χ2v) is 5.37. The Hall–Kier alpha value is -1.19. The van der Waals surface area contributed by atoms with Crippen LogP contribution in [0.1, 0.15) is 18.5 Å². The Labute approximate surface area is 120 Å². The molecule has 0 aliphatic carbocycles. The molecule has 0 aliphatic heterocycles. The number of phenolic OH excluding ortho intramolecular Hbond substituents is 1. The van der Waals surface area contributed by atoms with Crippen molar-refractivity contribution in [3.63, 3.8) is 0 Å². The molecule has 2 N–H and O–H groups in total. The largest absolute Gasteiger partial charge is 0.508 e. The first kappa shape index (κ1) is 13.2. The highest BCUT2D eigenvalue weighted by molar-refractivity contribution is 9.10. The van der Waals surface area contributed by atoms with Gasteiger partial charge < -0.3 is 10.4 Å². The molecule has 0 radical (unpaired) electrons. The van der Waals surface area contributed by atoms with Crippen LogP contribution in [-0.4, -0.2) is 5.11 Å². The van der Waals surface area contributed by atoms with E-state index >= 15 is 0 Å². The molecule has 94 valence electrons. The van der Waals surface area contributed by atoms with Crippen LogP contribution in [0, 0.1) is 0 Å². The highest BCUT2D eigenvalue weighted by Crippen LogP contribution is 2.31. The lowest BCUT2D eigenvalue weighted by Crippen LogP contribution is -2.07. The van der Waals surface area contributed by atoms with E-state index in [1.807, 2.05) is 37.3 Å². The van der Waals surface area contributed by atoms with Gasteiger partial charge in [0, 0.05) is 10.0 Å². The van der Waals surface area contributed by atoms with Crippen molar-refractivity contribution >= 4 is 33.2 Å². The van der Waals surface area contributed by atoms with Crippen LogP contribution in [0.4, 0.5) is 5.69 Å². The summed E-state index contributed by atoms with van der Waals surface area (Å²) in [6.07, 6.45) is 0. The third kappa shape index (κ3) is 2.98. The first-order chi connectivity index (χ1) is 8.58. The molecule has 2 aromatic carbocycles. The van der Waals surface area contributed by atoms with Crippen molar-refractivity contribution in [1.29, 1.82) is 0 Å². The molecular formula is C14H13BrClNO. The molecule has 0 aromatic heterocycles. The number of hydrogen-bond acceptors (Lipinski definition) is 2. The zero-order chi connectivity index (χ0) is 13.1. The maximum Gasteiger partial charge on any atom is 0.120 e. The lowest BCUT2D eigenvalue weighted by Gasteiger charge is -2.17. The second-order valence-electron chi connectivity index (χ2n) is 4.05. The predicted octanol–water partition coefficient (Wildman–Crippen LogP) is 4.98. The number of aromatic hydroxyl groups is 1. The maximum atomic E-state index is 9.79. The molecule has 0 spiro atoms. The summed E-state index contributed by atoms with van der Waals surface area (Å²) in [6.45, 7) is 1.98. The van der Waals surface area contributed by atoms with Gasteiger partial charge in [-0.2, -0.15) is 0 Å². The zero-order valence-corrected chi connectivity index (χ0v) is 12.2. The van der Waals surface area contributed by atoms with Gasteiger partial charge in [-0.05, 0) is 31.2 Å². The van der Waals surface area contributed by atoms with Crippen LogP contribution >= 0.6 is 27.5 Å². The molecule has 2 nitrogen and oxygen atoms in total. The number of anilines is 1. The highest BCUT2D eigenvalue weighted by Gasteiger charge is 2.11. The fourth-order valence-corrected chi connectivity index (χ4v) is 2.50. The first-order valence-electron chi connectivity index (χ1n) is 5.57. The number of hydrogen-bond donors (Lipinski definition) is 2. The summed E-state index contributed by atoms with van der Waals surface area (Å²) in [5, 5.41) is 13.7. The molecule has 2 aromatic rings. The second kappa shape index (κ2) is 5.63. The van der Waals surface area contributed by atoms with Gasteiger partial charge in [0.1, 0.15) is 5.75 Å². The van der Waals surface area contributed by atoms with Crippen molar-refractivity contribution in [2.75, 3.05) is 5.32 Å². The van der Waals surface area contributed by atoms with Crippen LogP contribution in [0.3, 0.4) is 0 Å². The number of phenols is 1. The van der Waals surface area contributed by atoms with E-state index in [1.54, 1.807) is 12.1 Å². The molecule has 0 bridgehead atoms. The van der Waals surface area contributed by atoms with Crippen LogP contribution < -0.4 is 5.32 Å². The summed E-state index contributed by atoms with van der Waals surface area (Å²) in [7, 11) is 0. The minimum absolute atomic E-state index is 0.0233. The van der Waals surface area contributed by atoms with E-state index in [4.69, 9.17) is 11.6 Å². The van der Waals surface area contributed by atoms with E-state index in [0.29, 0.717) is 5.02 Å². The van der Waals surface area contributed by atoms with Gasteiger partial charge >= 0.3 is 0 Å². The van der Waals surface area contributed by atoms with E-state index in [1.165, 1.54) is 0 Å². The summed E-state index contributed by atoms with van der Waals surface area (Å²) in [5.41, 5.74) is 1.69. The van der Waals surface area contributed by atoms with Gasteiger partial charge in [-0.15, -0.1) is 0 Å². The highest BCUT2D eigenvalue weighted by atomic mass is 79.9. The van der Waals surface area contributed by atoms with Gasteiger partial charge in [0.2, 0.25) is 0 Å². The Morgan fingerprint density at radius 2 is 1.94 bits per heavy atom. The number of halogens is 2. The first-order valence-corrected chi connectivity index (χ1v) is 6.74. The standard InChI is InChI=1S/C14H13BrClNO/c1-9(11-4-2-3-5-14(11)18)17-13-7-6-10(15)8-12(13)16/h2-9,17-18H,1H3. The number of rotatable bonds is 3. The predicted molar refractivity (Wildman–Crippen MR) is 79.3 cm³/mol. The van der Waals surface area contributed by atoms with Crippen LogP contribution in [0.15, 0.2) is 46.9 Å². The molecule has 18 heavy (non-hydrogen) atoms. The van der Waals surface area contributed by atoms with E-state index in [-0.39, 0.29) is 11.8 Å². The van der Waals surface area contributed by atoms with Crippen molar-refractivity contribution < 1.29 is 5.11 Å². The van der Waals surface area contributed by atoms with Gasteiger partial charge in [-0.25, -0.2) is 0 Å². The fourth-order valence-electron chi connectivity index (χ4n) is 1.77. The maximum absolute atomic E-state index is 9.79. The molecular weight excluding hydrogens is 314 g/mol. The van der Waals surface area contributed by atoms with Crippen molar-refractivity contribution in [1.82, 2.24) is 0 Å². The molecule has 0 heterocycles. The molecule has 0 saturated carbocycles. The molecule has 0 aliphatic rings. The summed E-state index contributed by atoms with van der Waals surface area (Å²) < 4.78 is 0.938. The van der Waals surface area contributed by atoms with Crippen LogP contribution in [0.5, 0.6) is 5.75 Å². The van der Waals surface area contributed by atoms with Crippen molar-refractivity contribution in [2.45, 2.75) is 13.0 Å². The molecule has 0 saturated heterocycles. The smallest absolute Gasteiger partial charge is 0.120 e. The number of benzene rings is 2. The molecule has 1 atom stereocenters. The third-order valence-electron chi connectivity index (χ3n) is 2.71. The van der Waals surface area contributed by atoms with Crippen molar-refractivity contribution in [3.05, 3.63) is 57.5 Å². The van der Waals surface area contributed by atoms with Gasteiger partial charge in [0.15, 0.2) is 0 Å². The van der Waals surface area contributed by atoms with E-state index in [2.05, 4.69) is 21.2 Å². The summed E-state index contributed by atoms with van der Waals surface area (Å²) in [6, 6.07) is 12.9. The van der Waals surface area contributed by atoms with E-state index in [0.717, 1.165) is 15.7 Å². The molecule has 0 amide bonds. The Morgan fingerprint density at radius 1 is 1.22 bits per heavy atom. The van der Waals surface area contributed by atoms with Gasteiger partial charge in [-0.3, -0.25) is 0 Å². The minimum Gasteiger partial charge on any atom is -0.508 e. The van der Waals surface area contributed by atoms with Crippen LogP contribution in [-0.2, 0) is 0 Å². The normalized spacial score (nSPS) is 12.2. The average Bonchev–Trinajstić information content (AvgIpc) is 2.33. The molecule has 0 fully saturated rings. The monoisotopic (exact) mass is 325 g/mol. The number of para-hydroxylation sites is 1. The lowest BCUT2D eigenvalue weighted by atomic mass is 10.1. The van der Waals surface area contributed by atoms with Gasteiger partial charge in [-0.1, -0.05) is 45.7 Å². The SMILES string of the molecule is CC(Nc1ccc(Br)cc1Cl)c1ccccc1O. The zero-order valence-electron chi connectivity index (χ0n) is 9.82. The summed E-state index contributed by atoms with van der Waals surface area (Å²) in [5.74, 6) is 0.283. The van der Waals surface area contributed by atoms with E-state index in [9.17, 15) is 5.11 Å². The summed E-state index contributed by atoms with van der Waals surface area (Å²) in [4.78, 5) is 0. The Bertz CT molecular complexity index is 559. The Kier molecular flexibility index (Phi) is 4.15. The van der Waals surface area contributed by atoms with Gasteiger partial charge in [0.25, 0.3) is 0 Å². The third-order valence-corrected chi connectivity index (χ3v) is 3.51. The van der Waals surface area contributed by atoms with E-state index < -0.39 is 0 Å². The molecule has 4 heteroatoms. The van der Waals surface area contributed by atoms with Crippen molar-refractivity contribution in [2.24, 2.45) is 0 Å². The topological polar surface area (TPSA) is 32.3 Å². The Morgan fingerprint density at radius 3 is 2.61 bits per heavy atom. The fraction of sp³-hybridized carbons (Fsp3) is 0.143. The average molecular weight is 327 g/mol. The quantitative estimate of drug-likeness (QED) is 0.833. The van der Waals surface area contributed by atoms with Crippen LogP contribution in [0.2, 0.25) is 5.02 Å². The van der Waals surface area contributed by atoms with Crippen molar-refractivity contribution in [3.8, 4) is 5.75 Å². The Balaban J connectivity index is 2.21. The number of nitrogens with one attached hydrogen (secondary N) is 1. The molecule has 1 unspecified atom stereocenters.